The lowest BCUT2D eigenvalue weighted by molar-refractivity contribution is -0.114. The highest BCUT2D eigenvalue weighted by Gasteiger charge is 2.08. The number of thiophene rings is 1. The first kappa shape index (κ1) is 11.0. The number of hydrogen-bond acceptors (Lipinski definition) is 3. The van der Waals surface area contributed by atoms with Gasteiger partial charge < -0.3 is 4.98 Å². The van der Waals surface area contributed by atoms with Gasteiger partial charge in [0.25, 0.3) is 0 Å². The van der Waals surface area contributed by atoms with E-state index >= 15 is 0 Å². The fourth-order valence-electron chi connectivity index (χ4n) is 1.92. The topological polar surface area (TPSA) is 57.8 Å². The van der Waals surface area contributed by atoms with Crippen LogP contribution in [-0.2, 0) is 4.79 Å². The van der Waals surface area contributed by atoms with Crippen molar-refractivity contribution in [2.24, 2.45) is 0 Å². The minimum absolute atomic E-state index is 0.135. The van der Waals surface area contributed by atoms with Gasteiger partial charge in [-0.1, -0.05) is 12.1 Å². The van der Waals surface area contributed by atoms with Gasteiger partial charge in [0.2, 0.25) is 11.9 Å². The Balaban J connectivity index is 2.06. The van der Waals surface area contributed by atoms with Crippen LogP contribution in [0.25, 0.3) is 21.3 Å². The van der Waals surface area contributed by atoms with Gasteiger partial charge in [-0.15, -0.1) is 11.3 Å². The molecule has 4 nitrogen and oxygen atoms in total. The lowest BCUT2D eigenvalue weighted by atomic mass is 10.1. The third-order valence-corrected chi connectivity index (χ3v) is 3.54. The third-order valence-electron chi connectivity index (χ3n) is 2.66. The molecule has 5 heteroatoms. The summed E-state index contributed by atoms with van der Waals surface area (Å²) in [5.74, 6) is 0.342. The number of anilines is 1. The molecule has 0 unspecified atom stereocenters. The number of benzene rings is 1. The lowest BCUT2D eigenvalue weighted by Crippen LogP contribution is -2.06. The van der Waals surface area contributed by atoms with Crippen molar-refractivity contribution >= 4 is 33.3 Å². The number of aromatic nitrogens is 2. The number of hydrogen-bond donors (Lipinski definition) is 2. The van der Waals surface area contributed by atoms with E-state index in [1.54, 1.807) is 17.5 Å². The number of carbonyl (C=O) groups excluding carboxylic acids is 1. The van der Waals surface area contributed by atoms with Gasteiger partial charge in [0.15, 0.2) is 0 Å². The van der Waals surface area contributed by atoms with Crippen LogP contribution in [0, 0.1) is 0 Å². The normalized spacial score (nSPS) is 10.7. The van der Waals surface area contributed by atoms with Crippen molar-refractivity contribution in [3.8, 4) is 11.3 Å². The number of imidazole rings is 1. The average Bonchev–Trinajstić information content (AvgIpc) is 2.95. The van der Waals surface area contributed by atoms with Gasteiger partial charge in [0.1, 0.15) is 0 Å². The van der Waals surface area contributed by atoms with Crippen LogP contribution in [0.4, 0.5) is 5.95 Å². The molecule has 90 valence electrons. The molecule has 18 heavy (non-hydrogen) atoms. The molecule has 3 aromatic rings. The van der Waals surface area contributed by atoms with E-state index < -0.39 is 0 Å². The highest BCUT2D eigenvalue weighted by atomic mass is 32.1. The van der Waals surface area contributed by atoms with Crippen molar-refractivity contribution in [2.75, 3.05) is 5.32 Å². The van der Waals surface area contributed by atoms with Crippen LogP contribution in [0.1, 0.15) is 6.92 Å². The zero-order chi connectivity index (χ0) is 12.5. The van der Waals surface area contributed by atoms with Gasteiger partial charge >= 0.3 is 0 Å². The SMILES string of the molecule is CC(=O)Nc1ncc(-c2cccc3sccc23)[nH]1. The quantitative estimate of drug-likeness (QED) is 0.740. The molecule has 2 heterocycles. The molecule has 0 aliphatic heterocycles. The van der Waals surface area contributed by atoms with E-state index in [0.29, 0.717) is 5.95 Å². The van der Waals surface area contributed by atoms with Gasteiger partial charge in [-0.3, -0.25) is 10.1 Å². The summed E-state index contributed by atoms with van der Waals surface area (Å²) in [6.45, 7) is 1.46. The summed E-state index contributed by atoms with van der Waals surface area (Å²) >= 11 is 1.71. The van der Waals surface area contributed by atoms with Crippen LogP contribution in [0.2, 0.25) is 0 Å². The Hall–Kier alpha value is -2.14. The zero-order valence-corrected chi connectivity index (χ0v) is 10.5. The molecule has 1 amide bonds. The van der Waals surface area contributed by atoms with Crippen LogP contribution < -0.4 is 5.32 Å². The largest absolute Gasteiger partial charge is 0.324 e. The van der Waals surface area contributed by atoms with Gasteiger partial charge in [-0.25, -0.2) is 4.98 Å². The standard InChI is InChI=1S/C13H11N3OS/c1-8(17)15-13-14-7-11(16-13)9-3-2-4-12-10(9)5-6-18-12/h2-7H,1H3,(H2,14,15,16,17). The van der Waals surface area contributed by atoms with Crippen molar-refractivity contribution in [3.63, 3.8) is 0 Å². The van der Waals surface area contributed by atoms with Crippen LogP contribution in [0.3, 0.4) is 0 Å². The number of nitrogens with zero attached hydrogens (tertiary/aromatic N) is 1. The van der Waals surface area contributed by atoms with E-state index in [0.717, 1.165) is 11.3 Å². The highest BCUT2D eigenvalue weighted by molar-refractivity contribution is 7.17. The maximum absolute atomic E-state index is 11.0. The summed E-state index contributed by atoms with van der Waals surface area (Å²) in [5.41, 5.74) is 2.00. The van der Waals surface area contributed by atoms with Crippen molar-refractivity contribution in [2.45, 2.75) is 6.92 Å². The smallest absolute Gasteiger partial charge is 0.223 e. The minimum atomic E-state index is -0.135. The van der Waals surface area contributed by atoms with Gasteiger partial charge in [0.05, 0.1) is 11.9 Å². The number of carbonyl (C=O) groups is 1. The molecular formula is C13H11N3OS. The fourth-order valence-corrected chi connectivity index (χ4v) is 2.73. The third kappa shape index (κ3) is 1.89. The molecule has 1 aromatic carbocycles. The number of aromatic amines is 1. The first-order valence-corrected chi connectivity index (χ1v) is 6.41. The molecule has 0 aliphatic carbocycles. The molecule has 2 aromatic heterocycles. The molecule has 0 saturated carbocycles. The monoisotopic (exact) mass is 257 g/mol. The van der Waals surface area contributed by atoms with E-state index in [9.17, 15) is 4.79 Å². The summed E-state index contributed by atoms with van der Waals surface area (Å²) in [5, 5.41) is 5.90. The van der Waals surface area contributed by atoms with Crippen molar-refractivity contribution in [1.82, 2.24) is 9.97 Å². The number of fused-ring (bicyclic) bond motifs is 1. The first-order valence-electron chi connectivity index (χ1n) is 5.53. The number of nitrogens with one attached hydrogen (secondary N) is 2. The van der Waals surface area contributed by atoms with Crippen molar-refractivity contribution in [1.29, 1.82) is 0 Å². The minimum Gasteiger partial charge on any atom is -0.324 e. The van der Waals surface area contributed by atoms with Crippen LogP contribution in [0.5, 0.6) is 0 Å². The highest BCUT2D eigenvalue weighted by Crippen LogP contribution is 2.30. The second kappa shape index (κ2) is 4.27. The second-order valence-corrected chi connectivity index (χ2v) is 4.91. The molecule has 0 spiro atoms. The first-order chi connectivity index (χ1) is 8.74. The van der Waals surface area contributed by atoms with E-state index in [4.69, 9.17) is 0 Å². The molecule has 3 rings (SSSR count). The van der Waals surface area contributed by atoms with E-state index in [-0.39, 0.29) is 5.91 Å². The summed E-state index contributed by atoms with van der Waals surface area (Å²) in [6, 6.07) is 8.25. The summed E-state index contributed by atoms with van der Waals surface area (Å²) in [4.78, 5) is 18.2. The number of H-pyrrole nitrogens is 1. The molecule has 0 atom stereocenters. The van der Waals surface area contributed by atoms with E-state index in [1.165, 1.54) is 17.0 Å². The zero-order valence-electron chi connectivity index (χ0n) is 9.73. The van der Waals surface area contributed by atoms with Crippen LogP contribution >= 0.6 is 11.3 Å². The Kier molecular flexibility index (Phi) is 2.60. The average molecular weight is 257 g/mol. The second-order valence-electron chi connectivity index (χ2n) is 3.96. The lowest BCUT2D eigenvalue weighted by Gasteiger charge is -2.00. The Morgan fingerprint density at radius 1 is 1.39 bits per heavy atom. The maximum atomic E-state index is 11.0. The van der Waals surface area contributed by atoms with E-state index in [2.05, 4.69) is 32.8 Å². The van der Waals surface area contributed by atoms with Crippen LogP contribution in [0.15, 0.2) is 35.8 Å². The maximum Gasteiger partial charge on any atom is 0.223 e. The predicted octanol–water partition coefficient (Wildman–Crippen LogP) is 3.25. The molecule has 0 fully saturated rings. The molecule has 2 N–H and O–H groups in total. The van der Waals surface area contributed by atoms with Crippen molar-refractivity contribution in [3.05, 3.63) is 35.8 Å². The predicted molar refractivity (Wildman–Crippen MR) is 73.7 cm³/mol. The summed E-state index contributed by atoms with van der Waals surface area (Å²) in [6.07, 6.45) is 1.73. The number of rotatable bonds is 2. The Morgan fingerprint density at radius 2 is 2.28 bits per heavy atom. The van der Waals surface area contributed by atoms with E-state index in [1.807, 2.05) is 12.1 Å². The fraction of sp³-hybridized carbons (Fsp3) is 0.0769. The Bertz CT molecular complexity index is 714. The Morgan fingerprint density at radius 3 is 3.11 bits per heavy atom. The molecule has 0 bridgehead atoms. The van der Waals surface area contributed by atoms with Gasteiger partial charge in [0, 0.05) is 22.6 Å². The summed E-state index contributed by atoms with van der Waals surface area (Å²) < 4.78 is 1.24. The number of amides is 1. The van der Waals surface area contributed by atoms with Gasteiger partial charge in [-0.05, 0) is 17.5 Å². The molecule has 0 saturated heterocycles. The molecule has 0 radical (unpaired) electrons. The molecule has 0 aliphatic rings. The van der Waals surface area contributed by atoms with Gasteiger partial charge in [-0.2, -0.15) is 0 Å². The van der Waals surface area contributed by atoms with Crippen molar-refractivity contribution < 1.29 is 4.79 Å². The molecular weight excluding hydrogens is 246 g/mol. The summed E-state index contributed by atoms with van der Waals surface area (Å²) in [7, 11) is 0. The Labute approximate surface area is 108 Å². The van der Waals surface area contributed by atoms with Crippen LogP contribution in [-0.4, -0.2) is 15.9 Å².